The average Bonchev–Trinajstić information content (AvgIpc) is 2.30. The van der Waals surface area contributed by atoms with Crippen molar-refractivity contribution >= 4 is 5.82 Å². The first-order valence-electron chi connectivity index (χ1n) is 4.70. The Hall–Kier alpha value is -2.54. The van der Waals surface area contributed by atoms with Crippen molar-refractivity contribution in [3.8, 4) is 17.2 Å². The zero-order valence-electron chi connectivity index (χ0n) is 8.40. The molecule has 1 aromatic heterocycles. The van der Waals surface area contributed by atoms with E-state index in [1.807, 2.05) is 36.4 Å². The minimum atomic E-state index is -0.459. The van der Waals surface area contributed by atoms with E-state index in [1.54, 1.807) is 0 Å². The number of rotatable bonds is 1. The molecule has 4 heteroatoms. The Morgan fingerprint density at radius 1 is 1.25 bits per heavy atom. The molecule has 4 nitrogen and oxygen atoms in total. The second kappa shape index (κ2) is 3.91. The predicted octanol–water partition coefficient (Wildman–Crippen LogP) is 1.50. The van der Waals surface area contributed by atoms with Crippen molar-refractivity contribution in [2.24, 2.45) is 0 Å². The lowest BCUT2D eigenvalue weighted by Crippen LogP contribution is -2.13. The fraction of sp³-hybridized carbons (Fsp3) is 0. The molecular weight excluding hydrogens is 202 g/mol. The lowest BCUT2D eigenvalue weighted by atomic mass is 10.1. The first-order valence-corrected chi connectivity index (χ1v) is 4.70. The molecule has 1 aromatic carbocycles. The van der Waals surface area contributed by atoms with E-state index in [4.69, 9.17) is 11.0 Å². The van der Waals surface area contributed by atoms with Gasteiger partial charge in [0.2, 0.25) is 0 Å². The first-order chi connectivity index (χ1) is 7.72. The summed E-state index contributed by atoms with van der Waals surface area (Å²) < 4.78 is 0. The number of benzene rings is 1. The highest BCUT2D eigenvalue weighted by atomic mass is 16.1. The normalized spacial score (nSPS) is 9.69. The molecule has 0 fully saturated rings. The van der Waals surface area contributed by atoms with Crippen molar-refractivity contribution in [3.05, 3.63) is 52.3 Å². The van der Waals surface area contributed by atoms with Crippen LogP contribution < -0.4 is 11.3 Å². The van der Waals surface area contributed by atoms with Crippen LogP contribution in [0.4, 0.5) is 5.82 Å². The van der Waals surface area contributed by atoms with Crippen LogP contribution >= 0.6 is 0 Å². The van der Waals surface area contributed by atoms with Crippen LogP contribution in [0.1, 0.15) is 5.56 Å². The van der Waals surface area contributed by atoms with Crippen LogP contribution in [0.5, 0.6) is 0 Å². The quantitative estimate of drug-likeness (QED) is 0.749. The van der Waals surface area contributed by atoms with E-state index in [2.05, 4.69) is 4.98 Å². The molecule has 0 radical (unpaired) electrons. The molecule has 78 valence electrons. The molecule has 0 bridgehead atoms. The summed E-state index contributed by atoms with van der Waals surface area (Å²) in [4.78, 5) is 13.8. The number of aromatic amines is 1. The second-order valence-electron chi connectivity index (χ2n) is 3.32. The lowest BCUT2D eigenvalue weighted by molar-refractivity contribution is 1.22. The van der Waals surface area contributed by atoms with Gasteiger partial charge in [-0.25, -0.2) is 0 Å². The highest BCUT2D eigenvalue weighted by molar-refractivity contribution is 5.74. The van der Waals surface area contributed by atoms with Gasteiger partial charge in [0.25, 0.3) is 5.56 Å². The number of pyridine rings is 1. The zero-order chi connectivity index (χ0) is 11.5. The lowest BCUT2D eigenvalue weighted by Gasteiger charge is -2.05. The molecule has 0 unspecified atom stereocenters. The number of nitrogens with zero attached hydrogens (tertiary/aromatic N) is 1. The number of nitrogens with two attached hydrogens (primary N) is 1. The second-order valence-corrected chi connectivity index (χ2v) is 3.32. The van der Waals surface area contributed by atoms with Gasteiger partial charge < -0.3 is 10.7 Å². The molecular formula is C12H9N3O. The van der Waals surface area contributed by atoms with Gasteiger partial charge in [0, 0.05) is 5.56 Å². The molecule has 0 spiro atoms. The number of aromatic nitrogens is 1. The summed E-state index contributed by atoms with van der Waals surface area (Å²) in [6.07, 6.45) is 0. The van der Waals surface area contributed by atoms with Gasteiger partial charge >= 0.3 is 0 Å². The Labute approximate surface area is 92.0 Å². The summed E-state index contributed by atoms with van der Waals surface area (Å²) in [6.45, 7) is 0. The summed E-state index contributed by atoms with van der Waals surface area (Å²) in [5, 5.41) is 8.77. The van der Waals surface area contributed by atoms with Crippen molar-refractivity contribution < 1.29 is 0 Å². The van der Waals surface area contributed by atoms with Crippen LogP contribution in [-0.4, -0.2) is 4.98 Å². The summed E-state index contributed by atoms with van der Waals surface area (Å²) in [7, 11) is 0. The molecule has 2 aromatic rings. The van der Waals surface area contributed by atoms with E-state index >= 15 is 0 Å². The average molecular weight is 211 g/mol. The van der Waals surface area contributed by atoms with E-state index in [9.17, 15) is 4.79 Å². The Kier molecular flexibility index (Phi) is 2.44. The fourth-order valence-corrected chi connectivity index (χ4v) is 1.48. The van der Waals surface area contributed by atoms with Gasteiger partial charge in [-0.15, -0.1) is 0 Å². The van der Waals surface area contributed by atoms with Gasteiger partial charge in [0.15, 0.2) is 0 Å². The first kappa shape index (κ1) is 9.99. The minimum absolute atomic E-state index is 0.0630. The Balaban J connectivity index is 2.68. The number of anilines is 1. The van der Waals surface area contributed by atoms with Crippen molar-refractivity contribution in [2.45, 2.75) is 0 Å². The maximum atomic E-state index is 11.3. The van der Waals surface area contributed by atoms with E-state index < -0.39 is 5.56 Å². The maximum Gasteiger partial charge on any atom is 0.267 e. The summed E-state index contributed by atoms with van der Waals surface area (Å²) >= 11 is 0. The van der Waals surface area contributed by atoms with Crippen molar-refractivity contribution in [3.63, 3.8) is 0 Å². The molecule has 0 saturated heterocycles. The SMILES string of the molecule is N#Cc1cc(-c2ccccc2)c(N)[nH]c1=O. The van der Waals surface area contributed by atoms with Crippen molar-refractivity contribution in [1.29, 1.82) is 5.26 Å². The minimum Gasteiger partial charge on any atom is -0.385 e. The predicted molar refractivity (Wildman–Crippen MR) is 61.6 cm³/mol. The summed E-state index contributed by atoms with van der Waals surface area (Å²) in [5.41, 5.74) is 6.85. The van der Waals surface area contributed by atoms with Gasteiger partial charge in [-0.05, 0) is 11.6 Å². The van der Waals surface area contributed by atoms with Crippen molar-refractivity contribution in [1.82, 2.24) is 4.98 Å². The zero-order valence-corrected chi connectivity index (χ0v) is 8.40. The van der Waals surface area contributed by atoms with Crippen LogP contribution in [0.15, 0.2) is 41.2 Å². The van der Waals surface area contributed by atoms with Crippen LogP contribution in [-0.2, 0) is 0 Å². The topological polar surface area (TPSA) is 82.7 Å². The molecule has 0 atom stereocenters. The third kappa shape index (κ3) is 1.66. The highest BCUT2D eigenvalue weighted by Gasteiger charge is 2.07. The molecule has 0 aliphatic carbocycles. The van der Waals surface area contributed by atoms with Crippen LogP contribution in [0, 0.1) is 11.3 Å². The van der Waals surface area contributed by atoms with E-state index in [0.29, 0.717) is 5.56 Å². The van der Waals surface area contributed by atoms with Crippen LogP contribution in [0.25, 0.3) is 11.1 Å². The number of nitrogen functional groups attached to an aromatic ring is 1. The third-order valence-electron chi connectivity index (χ3n) is 2.28. The fourth-order valence-electron chi connectivity index (χ4n) is 1.48. The molecule has 0 aliphatic heterocycles. The Morgan fingerprint density at radius 3 is 2.56 bits per heavy atom. The third-order valence-corrected chi connectivity index (χ3v) is 2.28. The molecule has 1 heterocycles. The van der Waals surface area contributed by atoms with E-state index in [1.165, 1.54) is 6.07 Å². The number of nitrogens with one attached hydrogen (secondary N) is 1. The van der Waals surface area contributed by atoms with E-state index in [-0.39, 0.29) is 11.4 Å². The van der Waals surface area contributed by atoms with Crippen molar-refractivity contribution in [2.75, 3.05) is 5.73 Å². The summed E-state index contributed by atoms with van der Waals surface area (Å²) in [5.74, 6) is 0.273. The van der Waals surface area contributed by atoms with Gasteiger partial charge in [0.05, 0.1) is 0 Å². The highest BCUT2D eigenvalue weighted by Crippen LogP contribution is 2.23. The van der Waals surface area contributed by atoms with E-state index in [0.717, 1.165) is 5.56 Å². The van der Waals surface area contributed by atoms with Gasteiger partial charge in [-0.3, -0.25) is 4.79 Å². The van der Waals surface area contributed by atoms with Gasteiger partial charge in [0.1, 0.15) is 17.5 Å². The molecule has 16 heavy (non-hydrogen) atoms. The van der Waals surface area contributed by atoms with Gasteiger partial charge in [-0.2, -0.15) is 5.26 Å². The number of nitriles is 1. The molecule has 2 rings (SSSR count). The summed E-state index contributed by atoms with van der Waals surface area (Å²) in [6, 6.07) is 12.7. The molecule has 3 N–H and O–H groups in total. The Morgan fingerprint density at radius 2 is 1.94 bits per heavy atom. The number of H-pyrrole nitrogens is 1. The van der Waals surface area contributed by atoms with Gasteiger partial charge in [-0.1, -0.05) is 30.3 Å². The largest absolute Gasteiger partial charge is 0.385 e. The Bertz CT molecular complexity index is 608. The standard InChI is InChI=1S/C12H9N3O/c13-7-9-6-10(11(14)15-12(9)16)8-4-2-1-3-5-8/h1-6H,(H3,14,15,16). The van der Waals surface area contributed by atoms with Crippen LogP contribution in [0.2, 0.25) is 0 Å². The molecule has 0 amide bonds. The number of hydrogen-bond donors (Lipinski definition) is 2. The molecule has 0 saturated carbocycles. The van der Waals surface area contributed by atoms with Crippen LogP contribution in [0.3, 0.4) is 0 Å². The smallest absolute Gasteiger partial charge is 0.267 e. The number of hydrogen-bond acceptors (Lipinski definition) is 3. The molecule has 0 aliphatic rings. The maximum absolute atomic E-state index is 11.3. The monoisotopic (exact) mass is 211 g/mol.